The highest BCUT2D eigenvalue weighted by molar-refractivity contribution is 5.32. The molecule has 0 spiro atoms. The molecule has 1 nitrogen and oxygen atoms in total. The van der Waals surface area contributed by atoms with Crippen LogP contribution in [-0.4, -0.2) is 6.61 Å². The molecule has 0 aliphatic rings. The summed E-state index contributed by atoms with van der Waals surface area (Å²) in [6, 6.07) is 4.96. The van der Waals surface area contributed by atoms with E-state index in [1.54, 1.807) is 18.2 Å². The molecule has 0 bridgehead atoms. The van der Waals surface area contributed by atoms with Gasteiger partial charge in [-0.05, 0) is 25.0 Å². The van der Waals surface area contributed by atoms with Crippen LogP contribution in [0.25, 0.3) is 0 Å². The summed E-state index contributed by atoms with van der Waals surface area (Å²) in [6.07, 6.45) is 0.876. The van der Waals surface area contributed by atoms with E-state index in [0.29, 0.717) is 17.9 Å². The molecular weight excluding hydrogens is 155 g/mol. The third kappa shape index (κ3) is 1.97. The van der Waals surface area contributed by atoms with Gasteiger partial charge < -0.3 is 4.74 Å². The summed E-state index contributed by atoms with van der Waals surface area (Å²) in [5.74, 6) is -0.0599. The van der Waals surface area contributed by atoms with Crippen molar-refractivity contribution >= 4 is 0 Å². The average molecular weight is 167 g/mol. The number of rotatable bonds is 3. The Morgan fingerprint density at radius 3 is 2.92 bits per heavy atom. The molecule has 12 heavy (non-hydrogen) atoms. The van der Waals surface area contributed by atoms with E-state index in [1.807, 2.05) is 6.92 Å². The van der Waals surface area contributed by atoms with Gasteiger partial charge in [-0.3, -0.25) is 0 Å². The standard InChI is InChI=1S/C10H12FO/c1-3-7-12-9-6-4-5-8(2)10(9)11/h4-6H,2-3,7H2,1H3. The molecule has 65 valence electrons. The van der Waals surface area contributed by atoms with E-state index in [2.05, 4.69) is 6.92 Å². The van der Waals surface area contributed by atoms with Crippen LogP contribution in [0, 0.1) is 12.7 Å². The Balaban J connectivity index is 2.78. The molecule has 0 N–H and O–H groups in total. The van der Waals surface area contributed by atoms with Crippen LogP contribution in [0.5, 0.6) is 5.75 Å². The van der Waals surface area contributed by atoms with Crippen LogP contribution in [-0.2, 0) is 0 Å². The summed E-state index contributed by atoms with van der Waals surface area (Å²) in [4.78, 5) is 0. The van der Waals surface area contributed by atoms with Crippen molar-refractivity contribution in [2.75, 3.05) is 6.61 Å². The first kappa shape index (κ1) is 9.04. The highest BCUT2D eigenvalue weighted by atomic mass is 19.1. The summed E-state index contributed by atoms with van der Waals surface area (Å²) in [5.41, 5.74) is 0.378. The number of hydrogen-bond acceptors (Lipinski definition) is 1. The number of benzene rings is 1. The smallest absolute Gasteiger partial charge is 0.168 e. The van der Waals surface area contributed by atoms with E-state index in [1.165, 1.54) is 0 Å². The molecule has 0 aliphatic carbocycles. The van der Waals surface area contributed by atoms with Gasteiger partial charge in [0.15, 0.2) is 11.6 Å². The van der Waals surface area contributed by atoms with Gasteiger partial charge in [-0.2, -0.15) is 0 Å². The Kier molecular flexibility index (Phi) is 3.09. The lowest BCUT2D eigenvalue weighted by molar-refractivity contribution is 0.301. The zero-order chi connectivity index (χ0) is 8.97. The van der Waals surface area contributed by atoms with Gasteiger partial charge in [-0.25, -0.2) is 4.39 Å². The minimum absolute atomic E-state index is 0.296. The van der Waals surface area contributed by atoms with Crippen molar-refractivity contribution in [1.82, 2.24) is 0 Å². The third-order valence-electron chi connectivity index (χ3n) is 1.50. The summed E-state index contributed by atoms with van der Waals surface area (Å²) in [6.45, 7) is 6.05. The Morgan fingerprint density at radius 2 is 2.25 bits per heavy atom. The third-order valence-corrected chi connectivity index (χ3v) is 1.50. The lowest BCUT2D eigenvalue weighted by Crippen LogP contribution is -1.98. The monoisotopic (exact) mass is 167 g/mol. The molecule has 0 aromatic heterocycles. The summed E-state index contributed by atoms with van der Waals surface area (Å²) in [7, 11) is 0. The lowest BCUT2D eigenvalue weighted by Gasteiger charge is -2.06. The molecule has 1 rings (SSSR count). The summed E-state index contributed by atoms with van der Waals surface area (Å²) in [5, 5.41) is 0. The zero-order valence-electron chi connectivity index (χ0n) is 7.14. The maximum atomic E-state index is 13.1. The predicted octanol–water partition coefficient (Wildman–Crippen LogP) is 2.80. The highest BCUT2D eigenvalue weighted by Gasteiger charge is 2.04. The van der Waals surface area contributed by atoms with E-state index in [0.717, 1.165) is 6.42 Å². The molecule has 0 fully saturated rings. The topological polar surface area (TPSA) is 9.23 Å². The molecule has 0 atom stereocenters. The Bertz CT molecular complexity index is 258. The largest absolute Gasteiger partial charge is 0.491 e. The minimum Gasteiger partial charge on any atom is -0.491 e. The number of hydrogen-bond donors (Lipinski definition) is 0. The molecule has 0 heterocycles. The Hall–Kier alpha value is -1.05. The van der Waals surface area contributed by atoms with Crippen molar-refractivity contribution in [3.05, 3.63) is 36.5 Å². The normalized spacial score (nSPS) is 9.92. The fourth-order valence-corrected chi connectivity index (χ4v) is 0.880. The molecule has 1 aromatic carbocycles. The van der Waals surface area contributed by atoms with Crippen LogP contribution in [0.1, 0.15) is 18.9 Å². The van der Waals surface area contributed by atoms with Crippen LogP contribution >= 0.6 is 0 Å². The van der Waals surface area contributed by atoms with E-state index in [-0.39, 0.29) is 5.82 Å². The van der Waals surface area contributed by atoms with Crippen molar-refractivity contribution in [1.29, 1.82) is 0 Å². The minimum atomic E-state index is -0.356. The molecule has 0 saturated carbocycles. The Labute approximate surface area is 72.2 Å². The van der Waals surface area contributed by atoms with Gasteiger partial charge in [-0.1, -0.05) is 19.1 Å². The number of halogens is 1. The quantitative estimate of drug-likeness (QED) is 0.672. The SMILES string of the molecule is [CH2]c1cccc(OCCC)c1F. The van der Waals surface area contributed by atoms with Gasteiger partial charge in [0.1, 0.15) is 0 Å². The predicted molar refractivity (Wildman–Crippen MR) is 46.6 cm³/mol. The molecule has 0 aliphatic heterocycles. The van der Waals surface area contributed by atoms with Crippen LogP contribution in [0.3, 0.4) is 0 Å². The fourth-order valence-electron chi connectivity index (χ4n) is 0.880. The Morgan fingerprint density at radius 1 is 1.50 bits per heavy atom. The maximum Gasteiger partial charge on any atom is 0.168 e. The van der Waals surface area contributed by atoms with Gasteiger partial charge in [0.25, 0.3) is 0 Å². The van der Waals surface area contributed by atoms with E-state index < -0.39 is 0 Å². The van der Waals surface area contributed by atoms with Gasteiger partial charge >= 0.3 is 0 Å². The zero-order valence-corrected chi connectivity index (χ0v) is 7.14. The molecule has 0 unspecified atom stereocenters. The van der Waals surface area contributed by atoms with Crippen LogP contribution in [0.2, 0.25) is 0 Å². The van der Waals surface area contributed by atoms with Crippen molar-refractivity contribution in [3.8, 4) is 5.75 Å². The van der Waals surface area contributed by atoms with Crippen molar-refractivity contribution in [3.63, 3.8) is 0 Å². The molecule has 1 aromatic rings. The van der Waals surface area contributed by atoms with Crippen LogP contribution in [0.4, 0.5) is 4.39 Å². The van der Waals surface area contributed by atoms with Crippen LogP contribution < -0.4 is 4.74 Å². The molecule has 0 saturated heterocycles. The first-order valence-electron chi connectivity index (χ1n) is 3.99. The fraction of sp³-hybridized carbons (Fsp3) is 0.300. The van der Waals surface area contributed by atoms with Gasteiger partial charge in [-0.15, -0.1) is 0 Å². The number of ether oxygens (including phenoxy) is 1. The van der Waals surface area contributed by atoms with Gasteiger partial charge in [0, 0.05) is 0 Å². The first-order chi connectivity index (χ1) is 5.75. The van der Waals surface area contributed by atoms with E-state index >= 15 is 0 Å². The average Bonchev–Trinajstić information content (AvgIpc) is 2.08. The van der Waals surface area contributed by atoms with Gasteiger partial charge in [0.2, 0.25) is 0 Å². The maximum absolute atomic E-state index is 13.1. The van der Waals surface area contributed by atoms with Crippen molar-refractivity contribution < 1.29 is 9.13 Å². The van der Waals surface area contributed by atoms with Crippen molar-refractivity contribution in [2.45, 2.75) is 13.3 Å². The van der Waals surface area contributed by atoms with Gasteiger partial charge in [0.05, 0.1) is 6.61 Å². The van der Waals surface area contributed by atoms with E-state index in [9.17, 15) is 4.39 Å². The lowest BCUT2D eigenvalue weighted by atomic mass is 10.2. The first-order valence-corrected chi connectivity index (χ1v) is 3.99. The van der Waals surface area contributed by atoms with Crippen LogP contribution in [0.15, 0.2) is 18.2 Å². The molecule has 2 heteroatoms. The second-order valence-electron chi connectivity index (χ2n) is 2.58. The molecular formula is C10H12FO. The summed E-state index contributed by atoms with van der Waals surface area (Å²) < 4.78 is 18.3. The summed E-state index contributed by atoms with van der Waals surface area (Å²) >= 11 is 0. The second-order valence-corrected chi connectivity index (χ2v) is 2.58. The highest BCUT2D eigenvalue weighted by Crippen LogP contribution is 2.19. The van der Waals surface area contributed by atoms with E-state index in [4.69, 9.17) is 4.74 Å². The molecule has 1 radical (unpaired) electrons. The van der Waals surface area contributed by atoms with Crippen molar-refractivity contribution in [2.24, 2.45) is 0 Å². The molecule has 0 amide bonds. The second kappa shape index (κ2) is 4.10.